The van der Waals surface area contributed by atoms with Gasteiger partial charge >= 0.3 is 5.97 Å². The Morgan fingerprint density at radius 3 is 2.88 bits per heavy atom. The number of aromatic nitrogens is 2. The molecule has 0 aliphatic rings. The van der Waals surface area contributed by atoms with Crippen LogP contribution in [-0.2, 0) is 16.0 Å². The number of rotatable bonds is 4. The van der Waals surface area contributed by atoms with E-state index in [1.807, 2.05) is 6.07 Å². The first-order chi connectivity index (χ1) is 8.12. The predicted molar refractivity (Wildman–Crippen MR) is 61.7 cm³/mol. The van der Waals surface area contributed by atoms with E-state index < -0.39 is 11.5 Å². The Morgan fingerprint density at radius 1 is 1.65 bits per heavy atom. The molecule has 0 bridgehead atoms. The summed E-state index contributed by atoms with van der Waals surface area (Å²) in [5.41, 5.74) is -0.0229. The summed E-state index contributed by atoms with van der Waals surface area (Å²) in [5, 5.41) is 9.10. The van der Waals surface area contributed by atoms with Crippen LogP contribution in [0.3, 0.4) is 0 Å². The number of carbonyl (C=O) groups is 1. The van der Waals surface area contributed by atoms with Crippen molar-refractivity contribution in [2.24, 2.45) is 0 Å². The average molecular weight is 253 g/mol. The van der Waals surface area contributed by atoms with Crippen LogP contribution in [-0.4, -0.2) is 28.8 Å². The predicted octanol–water partition coefficient (Wildman–Crippen LogP) is 0.469. The van der Waals surface area contributed by atoms with Crippen LogP contribution in [0.4, 0.5) is 0 Å². The number of hydrogen-bond donors (Lipinski definition) is 1. The number of aryl methyl sites for hydroxylation is 1. The van der Waals surface area contributed by atoms with E-state index in [1.54, 1.807) is 6.92 Å². The number of nitriles is 1. The van der Waals surface area contributed by atoms with Crippen molar-refractivity contribution in [3.05, 3.63) is 21.6 Å². The quantitative estimate of drug-likeness (QED) is 0.476. The lowest BCUT2D eigenvalue weighted by molar-refractivity contribution is -0.137. The molecule has 0 atom stereocenters. The van der Waals surface area contributed by atoms with Gasteiger partial charge in [-0.1, -0.05) is 18.7 Å². The van der Waals surface area contributed by atoms with Gasteiger partial charge in [0.15, 0.2) is 5.16 Å². The van der Waals surface area contributed by atoms with Gasteiger partial charge in [0.2, 0.25) is 0 Å². The smallest absolute Gasteiger partial charge is 0.316 e. The largest absolute Gasteiger partial charge is 0.468 e. The molecule has 1 aromatic rings. The third-order valence-electron chi connectivity index (χ3n) is 1.97. The Labute approximate surface area is 102 Å². The fraction of sp³-hybridized carbons (Fsp3) is 0.400. The first-order valence-corrected chi connectivity index (χ1v) is 5.83. The van der Waals surface area contributed by atoms with Gasteiger partial charge in [-0.3, -0.25) is 9.59 Å². The minimum Gasteiger partial charge on any atom is -0.468 e. The van der Waals surface area contributed by atoms with E-state index in [-0.39, 0.29) is 11.3 Å². The van der Waals surface area contributed by atoms with Crippen molar-refractivity contribution in [3.8, 4) is 6.07 Å². The molecule has 0 aliphatic heterocycles. The molecule has 1 rings (SSSR count). The summed E-state index contributed by atoms with van der Waals surface area (Å²) >= 11 is 1.07. The molecule has 90 valence electrons. The number of carbonyl (C=O) groups excluding carboxylic acids is 1. The molecule has 1 N–H and O–H groups in total. The van der Waals surface area contributed by atoms with Gasteiger partial charge in [0, 0.05) is 0 Å². The van der Waals surface area contributed by atoms with Crippen molar-refractivity contribution in [2.45, 2.75) is 18.5 Å². The van der Waals surface area contributed by atoms with Gasteiger partial charge in [-0.25, -0.2) is 4.98 Å². The van der Waals surface area contributed by atoms with Crippen molar-refractivity contribution < 1.29 is 9.53 Å². The number of nitrogens with one attached hydrogen (secondary N) is 1. The second-order valence-corrected chi connectivity index (χ2v) is 3.99. The highest BCUT2D eigenvalue weighted by atomic mass is 32.2. The SMILES string of the molecule is CCc1nc(SCC(=O)OC)[nH]c(=O)c1C#N. The van der Waals surface area contributed by atoms with E-state index in [2.05, 4.69) is 14.7 Å². The number of nitrogens with zero attached hydrogens (tertiary/aromatic N) is 2. The highest BCUT2D eigenvalue weighted by molar-refractivity contribution is 7.99. The van der Waals surface area contributed by atoms with E-state index in [1.165, 1.54) is 7.11 Å². The monoisotopic (exact) mass is 253 g/mol. The first-order valence-electron chi connectivity index (χ1n) is 4.85. The van der Waals surface area contributed by atoms with Crippen molar-refractivity contribution in [1.29, 1.82) is 5.26 Å². The van der Waals surface area contributed by atoms with Crippen LogP contribution in [0.1, 0.15) is 18.2 Å². The van der Waals surface area contributed by atoms with Crippen molar-refractivity contribution in [3.63, 3.8) is 0 Å². The normalized spacial score (nSPS) is 9.71. The molecule has 0 radical (unpaired) electrons. The lowest BCUT2D eigenvalue weighted by Gasteiger charge is -2.03. The summed E-state index contributed by atoms with van der Waals surface area (Å²) < 4.78 is 4.47. The summed E-state index contributed by atoms with van der Waals surface area (Å²) in [4.78, 5) is 29.0. The molecule has 0 saturated carbocycles. The third-order valence-corrected chi connectivity index (χ3v) is 2.82. The van der Waals surface area contributed by atoms with E-state index in [0.717, 1.165) is 11.8 Å². The van der Waals surface area contributed by atoms with Crippen LogP contribution in [0.25, 0.3) is 0 Å². The zero-order valence-corrected chi connectivity index (χ0v) is 10.3. The molecule has 1 heterocycles. The Bertz CT molecular complexity index is 519. The zero-order chi connectivity index (χ0) is 12.8. The molecule has 1 aromatic heterocycles. The number of ether oxygens (including phenoxy) is 1. The fourth-order valence-electron chi connectivity index (χ4n) is 1.12. The van der Waals surface area contributed by atoms with Gasteiger partial charge in [0.25, 0.3) is 5.56 Å². The van der Waals surface area contributed by atoms with Gasteiger partial charge in [0.1, 0.15) is 11.6 Å². The Morgan fingerprint density at radius 2 is 2.35 bits per heavy atom. The van der Waals surface area contributed by atoms with Gasteiger partial charge in [-0.05, 0) is 6.42 Å². The maximum atomic E-state index is 11.5. The molecule has 0 unspecified atom stereocenters. The summed E-state index contributed by atoms with van der Waals surface area (Å²) in [5.74, 6) is -0.339. The molecule has 0 amide bonds. The summed E-state index contributed by atoms with van der Waals surface area (Å²) in [7, 11) is 1.29. The molecular formula is C10H11N3O3S. The number of esters is 1. The minimum absolute atomic E-state index is 0.0231. The van der Waals surface area contributed by atoms with Gasteiger partial charge in [-0.2, -0.15) is 5.26 Å². The lowest BCUT2D eigenvalue weighted by Crippen LogP contribution is -2.17. The van der Waals surface area contributed by atoms with Crippen LogP contribution in [0.2, 0.25) is 0 Å². The molecule has 0 aromatic carbocycles. The van der Waals surface area contributed by atoms with Crippen molar-refractivity contribution in [1.82, 2.24) is 9.97 Å². The third kappa shape index (κ3) is 3.32. The van der Waals surface area contributed by atoms with E-state index in [0.29, 0.717) is 17.3 Å². The van der Waals surface area contributed by atoms with E-state index >= 15 is 0 Å². The number of thioether (sulfide) groups is 1. The highest BCUT2D eigenvalue weighted by Crippen LogP contribution is 2.13. The summed E-state index contributed by atoms with van der Waals surface area (Å²) in [6, 6.07) is 1.81. The topological polar surface area (TPSA) is 95.8 Å². The van der Waals surface area contributed by atoms with Gasteiger partial charge in [-0.15, -0.1) is 0 Å². The maximum absolute atomic E-state index is 11.5. The maximum Gasteiger partial charge on any atom is 0.316 e. The van der Waals surface area contributed by atoms with Crippen LogP contribution < -0.4 is 5.56 Å². The highest BCUT2D eigenvalue weighted by Gasteiger charge is 2.11. The molecule has 0 fully saturated rings. The second kappa shape index (κ2) is 6.06. The standard InChI is InChI=1S/C10H11N3O3S/c1-3-7-6(4-11)9(15)13-10(12-7)17-5-8(14)16-2/h3,5H2,1-2H3,(H,12,13,15). The van der Waals surface area contributed by atoms with Crippen LogP contribution >= 0.6 is 11.8 Å². The van der Waals surface area contributed by atoms with Crippen LogP contribution in [0, 0.1) is 11.3 Å². The zero-order valence-electron chi connectivity index (χ0n) is 9.44. The molecule has 0 saturated heterocycles. The van der Waals surface area contributed by atoms with Gasteiger partial charge in [0.05, 0.1) is 18.6 Å². The van der Waals surface area contributed by atoms with Crippen LogP contribution in [0.5, 0.6) is 0 Å². The lowest BCUT2D eigenvalue weighted by atomic mass is 10.2. The summed E-state index contributed by atoms with van der Waals surface area (Å²) in [6.07, 6.45) is 0.485. The van der Waals surface area contributed by atoms with Crippen LogP contribution in [0.15, 0.2) is 9.95 Å². The number of H-pyrrole nitrogens is 1. The number of hydrogen-bond acceptors (Lipinski definition) is 6. The fourth-order valence-corrected chi connectivity index (χ4v) is 1.83. The molecule has 0 aliphatic carbocycles. The minimum atomic E-state index is -0.480. The van der Waals surface area contributed by atoms with Gasteiger partial charge < -0.3 is 9.72 Å². The number of aromatic amines is 1. The molecule has 7 heteroatoms. The molecule has 0 spiro atoms. The molecular weight excluding hydrogens is 242 g/mol. The average Bonchev–Trinajstić information content (AvgIpc) is 2.34. The van der Waals surface area contributed by atoms with Crippen molar-refractivity contribution >= 4 is 17.7 Å². The van der Waals surface area contributed by atoms with E-state index in [4.69, 9.17) is 5.26 Å². The molecule has 6 nitrogen and oxygen atoms in total. The Kier molecular flexibility index (Phi) is 4.72. The van der Waals surface area contributed by atoms with E-state index in [9.17, 15) is 9.59 Å². The second-order valence-electron chi connectivity index (χ2n) is 3.02. The first kappa shape index (κ1) is 13.3. The summed E-state index contributed by atoms with van der Waals surface area (Å²) in [6.45, 7) is 1.80. The Hall–Kier alpha value is -1.81. The van der Waals surface area contributed by atoms with Crippen molar-refractivity contribution in [2.75, 3.05) is 12.9 Å². The number of methoxy groups -OCH3 is 1. The molecule has 17 heavy (non-hydrogen) atoms. The Balaban J connectivity index is 2.97.